The summed E-state index contributed by atoms with van der Waals surface area (Å²) in [6.07, 6.45) is 0. The number of aromatic nitrogens is 1. The number of hydrogen-bond acceptors (Lipinski definition) is 3. The zero-order valence-electron chi connectivity index (χ0n) is 14.4. The minimum atomic E-state index is -0.359. The lowest BCUT2D eigenvalue weighted by Gasteiger charge is -2.11. The van der Waals surface area contributed by atoms with Crippen LogP contribution in [0.1, 0.15) is 27.2 Å². The number of pyridine rings is 1. The molecule has 1 heterocycles. The molecule has 128 valence electrons. The molecule has 1 aromatic heterocycles. The van der Waals surface area contributed by atoms with E-state index in [4.69, 9.17) is 4.74 Å². The molecule has 3 aromatic rings. The van der Waals surface area contributed by atoms with Crippen molar-refractivity contribution in [2.75, 3.05) is 7.11 Å². The predicted molar refractivity (Wildman–Crippen MR) is 95.3 cm³/mol. The van der Waals surface area contributed by atoms with E-state index in [0.29, 0.717) is 28.8 Å². The van der Waals surface area contributed by atoms with Gasteiger partial charge in [-0.25, -0.2) is 9.37 Å². The minimum absolute atomic E-state index is 0.243. The first-order chi connectivity index (χ1) is 12.0. The quantitative estimate of drug-likeness (QED) is 0.784. The van der Waals surface area contributed by atoms with E-state index >= 15 is 0 Å². The van der Waals surface area contributed by atoms with Crippen LogP contribution < -0.4 is 10.1 Å². The highest BCUT2D eigenvalue weighted by Gasteiger charge is 2.15. The maximum Gasteiger partial charge on any atom is 0.270 e. The van der Waals surface area contributed by atoms with Crippen LogP contribution in [0, 0.1) is 19.7 Å². The van der Waals surface area contributed by atoms with Crippen molar-refractivity contribution in [3.8, 4) is 5.75 Å². The fourth-order valence-electron chi connectivity index (χ4n) is 2.79. The van der Waals surface area contributed by atoms with Crippen molar-refractivity contribution in [1.29, 1.82) is 0 Å². The standard InChI is InChI=1S/C20H19FN2O2/c1-12-6-4-5-7-14(12)11-22-20(24)17-10-18(25-3)16-9-15(21)8-13(2)19(16)23-17/h4-10H,11H2,1-3H3,(H,22,24). The van der Waals surface area contributed by atoms with Crippen LogP contribution in [0.2, 0.25) is 0 Å². The third-order valence-electron chi connectivity index (χ3n) is 4.18. The molecule has 4 nitrogen and oxygen atoms in total. The molecule has 1 amide bonds. The summed E-state index contributed by atoms with van der Waals surface area (Å²) in [6, 6.07) is 12.1. The Morgan fingerprint density at radius 3 is 2.64 bits per heavy atom. The van der Waals surface area contributed by atoms with Gasteiger partial charge in [0.05, 0.1) is 12.6 Å². The van der Waals surface area contributed by atoms with Gasteiger partial charge in [0.25, 0.3) is 5.91 Å². The first-order valence-corrected chi connectivity index (χ1v) is 7.97. The van der Waals surface area contributed by atoms with Gasteiger partial charge >= 0.3 is 0 Å². The second-order valence-corrected chi connectivity index (χ2v) is 5.94. The van der Waals surface area contributed by atoms with Crippen molar-refractivity contribution in [1.82, 2.24) is 10.3 Å². The van der Waals surface area contributed by atoms with Gasteiger partial charge in [-0.05, 0) is 42.7 Å². The van der Waals surface area contributed by atoms with Crippen LogP contribution in [-0.4, -0.2) is 18.0 Å². The molecule has 0 aliphatic rings. The average molecular weight is 338 g/mol. The van der Waals surface area contributed by atoms with Crippen LogP contribution in [0.3, 0.4) is 0 Å². The number of carbonyl (C=O) groups is 1. The molecule has 3 rings (SSSR count). The van der Waals surface area contributed by atoms with Crippen LogP contribution in [0.4, 0.5) is 4.39 Å². The summed E-state index contributed by atoms with van der Waals surface area (Å²) >= 11 is 0. The van der Waals surface area contributed by atoms with Gasteiger partial charge in [-0.3, -0.25) is 4.79 Å². The molecule has 0 saturated heterocycles. The van der Waals surface area contributed by atoms with Crippen LogP contribution in [-0.2, 0) is 6.54 Å². The number of ether oxygens (including phenoxy) is 1. The van der Waals surface area contributed by atoms with Crippen LogP contribution in [0.5, 0.6) is 5.75 Å². The molecule has 25 heavy (non-hydrogen) atoms. The van der Waals surface area contributed by atoms with E-state index in [2.05, 4.69) is 10.3 Å². The van der Waals surface area contributed by atoms with Crippen molar-refractivity contribution in [3.63, 3.8) is 0 Å². The van der Waals surface area contributed by atoms with E-state index < -0.39 is 0 Å². The summed E-state index contributed by atoms with van der Waals surface area (Å²) in [4.78, 5) is 16.9. The van der Waals surface area contributed by atoms with E-state index in [0.717, 1.165) is 11.1 Å². The third-order valence-corrected chi connectivity index (χ3v) is 4.18. The molecule has 0 atom stereocenters. The van der Waals surface area contributed by atoms with E-state index in [9.17, 15) is 9.18 Å². The van der Waals surface area contributed by atoms with Gasteiger partial charge in [0.15, 0.2) is 0 Å². The Morgan fingerprint density at radius 1 is 1.16 bits per heavy atom. The molecule has 0 spiro atoms. The lowest BCUT2D eigenvalue weighted by atomic mass is 10.1. The maximum atomic E-state index is 13.7. The normalized spacial score (nSPS) is 10.7. The number of halogens is 1. The van der Waals surface area contributed by atoms with Gasteiger partial charge in [0.1, 0.15) is 17.3 Å². The number of nitrogens with one attached hydrogen (secondary N) is 1. The highest BCUT2D eigenvalue weighted by molar-refractivity contribution is 5.97. The van der Waals surface area contributed by atoms with Gasteiger partial charge in [0.2, 0.25) is 0 Å². The van der Waals surface area contributed by atoms with E-state index in [1.165, 1.54) is 25.3 Å². The molecule has 0 aliphatic carbocycles. The Kier molecular flexibility index (Phi) is 4.65. The number of methoxy groups -OCH3 is 1. The SMILES string of the molecule is COc1cc(C(=O)NCc2ccccc2C)nc2c(C)cc(F)cc12. The van der Waals surface area contributed by atoms with Crippen LogP contribution >= 0.6 is 0 Å². The van der Waals surface area contributed by atoms with Crippen molar-refractivity contribution in [2.24, 2.45) is 0 Å². The molecule has 0 unspecified atom stereocenters. The summed E-state index contributed by atoms with van der Waals surface area (Å²) in [6.45, 7) is 4.17. The Bertz CT molecular complexity index is 954. The summed E-state index contributed by atoms with van der Waals surface area (Å²) in [5.74, 6) is -0.234. The number of benzene rings is 2. The summed E-state index contributed by atoms with van der Waals surface area (Å²) < 4.78 is 19.0. The lowest BCUT2D eigenvalue weighted by molar-refractivity contribution is 0.0946. The monoisotopic (exact) mass is 338 g/mol. The number of amides is 1. The molecule has 0 fully saturated rings. The molecule has 0 bridgehead atoms. The smallest absolute Gasteiger partial charge is 0.270 e. The minimum Gasteiger partial charge on any atom is -0.496 e. The Balaban J connectivity index is 1.92. The highest BCUT2D eigenvalue weighted by atomic mass is 19.1. The summed E-state index contributed by atoms with van der Waals surface area (Å²) in [7, 11) is 1.49. The van der Waals surface area contributed by atoms with E-state index in [1.807, 2.05) is 31.2 Å². The predicted octanol–water partition coefficient (Wildman–Crippen LogP) is 3.93. The third kappa shape index (κ3) is 3.45. The number of nitrogens with zero attached hydrogens (tertiary/aromatic N) is 1. The lowest BCUT2D eigenvalue weighted by Crippen LogP contribution is -2.24. The molecule has 1 N–H and O–H groups in total. The van der Waals surface area contributed by atoms with Crippen molar-refractivity contribution in [3.05, 3.63) is 70.7 Å². The van der Waals surface area contributed by atoms with Crippen molar-refractivity contribution in [2.45, 2.75) is 20.4 Å². The van der Waals surface area contributed by atoms with Gasteiger partial charge in [0, 0.05) is 18.0 Å². The average Bonchev–Trinajstić information content (AvgIpc) is 2.60. The maximum absolute atomic E-state index is 13.7. The number of hydrogen-bond donors (Lipinski definition) is 1. The fraction of sp³-hybridized carbons (Fsp3) is 0.200. The second-order valence-electron chi connectivity index (χ2n) is 5.94. The number of carbonyl (C=O) groups excluding carboxylic acids is 1. The van der Waals surface area contributed by atoms with Crippen molar-refractivity contribution < 1.29 is 13.9 Å². The molecule has 0 saturated carbocycles. The summed E-state index contributed by atoms with van der Waals surface area (Å²) in [5, 5.41) is 3.42. The zero-order chi connectivity index (χ0) is 18.0. The Morgan fingerprint density at radius 2 is 1.92 bits per heavy atom. The topological polar surface area (TPSA) is 51.2 Å². The number of aryl methyl sites for hydroxylation is 2. The second kappa shape index (κ2) is 6.89. The molecular formula is C20H19FN2O2. The Labute approximate surface area is 145 Å². The summed E-state index contributed by atoms with van der Waals surface area (Å²) in [5.41, 5.74) is 3.61. The number of fused-ring (bicyclic) bond motifs is 1. The molecule has 0 aliphatic heterocycles. The molecule has 5 heteroatoms. The van der Waals surface area contributed by atoms with Gasteiger partial charge in [-0.1, -0.05) is 24.3 Å². The van der Waals surface area contributed by atoms with Gasteiger partial charge in [-0.15, -0.1) is 0 Å². The fourth-order valence-corrected chi connectivity index (χ4v) is 2.79. The first-order valence-electron chi connectivity index (χ1n) is 7.97. The highest BCUT2D eigenvalue weighted by Crippen LogP contribution is 2.28. The molecule has 0 radical (unpaired) electrons. The van der Waals surface area contributed by atoms with Crippen LogP contribution in [0.25, 0.3) is 10.9 Å². The molecule has 2 aromatic carbocycles. The largest absolute Gasteiger partial charge is 0.496 e. The van der Waals surface area contributed by atoms with E-state index in [1.54, 1.807) is 6.92 Å². The first kappa shape index (κ1) is 16.9. The van der Waals surface area contributed by atoms with Gasteiger partial charge < -0.3 is 10.1 Å². The number of rotatable bonds is 4. The zero-order valence-corrected chi connectivity index (χ0v) is 14.4. The molecular weight excluding hydrogens is 319 g/mol. The van der Waals surface area contributed by atoms with Crippen molar-refractivity contribution >= 4 is 16.8 Å². The van der Waals surface area contributed by atoms with Gasteiger partial charge in [-0.2, -0.15) is 0 Å². The Hall–Kier alpha value is -2.95. The van der Waals surface area contributed by atoms with E-state index in [-0.39, 0.29) is 17.4 Å². The van der Waals surface area contributed by atoms with Crippen LogP contribution in [0.15, 0.2) is 42.5 Å².